The molecule has 3 heteroatoms. The molecule has 2 aromatic rings. The lowest BCUT2D eigenvalue weighted by atomic mass is 10.1. The predicted octanol–water partition coefficient (Wildman–Crippen LogP) is 3.60. The summed E-state index contributed by atoms with van der Waals surface area (Å²) < 4.78 is 10.9. The number of rotatable bonds is 8. The van der Waals surface area contributed by atoms with Gasteiger partial charge in [-0.05, 0) is 29.7 Å². The van der Waals surface area contributed by atoms with Gasteiger partial charge in [0.1, 0.15) is 12.4 Å². The first kappa shape index (κ1) is 14.9. The van der Waals surface area contributed by atoms with E-state index in [1.165, 1.54) is 11.1 Å². The van der Waals surface area contributed by atoms with Crippen molar-refractivity contribution >= 4 is 12.6 Å². The van der Waals surface area contributed by atoms with Gasteiger partial charge in [0.25, 0.3) is 0 Å². The van der Waals surface area contributed by atoms with E-state index in [9.17, 15) is 0 Å². The van der Waals surface area contributed by atoms with E-state index in [0.29, 0.717) is 19.8 Å². The van der Waals surface area contributed by atoms with Crippen molar-refractivity contribution in [2.45, 2.75) is 6.42 Å². The van der Waals surface area contributed by atoms with E-state index in [0.717, 1.165) is 17.9 Å². The molecule has 0 N–H and O–H groups in total. The number of ether oxygens (including phenoxy) is 2. The van der Waals surface area contributed by atoms with Gasteiger partial charge in [-0.15, -0.1) is 0 Å². The van der Waals surface area contributed by atoms with E-state index >= 15 is 0 Å². The Labute approximate surface area is 126 Å². The summed E-state index contributed by atoms with van der Waals surface area (Å²) in [6, 6.07) is 18.7. The minimum atomic E-state index is 0.575. The van der Waals surface area contributed by atoms with E-state index in [4.69, 9.17) is 9.47 Å². The molecule has 0 radical (unpaired) electrons. The van der Waals surface area contributed by atoms with Gasteiger partial charge in [-0.2, -0.15) is 12.6 Å². The third-order valence-electron chi connectivity index (χ3n) is 2.91. The Morgan fingerprint density at radius 2 is 1.45 bits per heavy atom. The zero-order chi connectivity index (χ0) is 14.0. The second-order valence-corrected chi connectivity index (χ2v) is 4.94. The molecule has 0 aliphatic carbocycles. The summed E-state index contributed by atoms with van der Waals surface area (Å²) in [6.45, 7) is 1.85. The molecule has 0 spiro atoms. The largest absolute Gasteiger partial charge is 0.491 e. The summed E-state index contributed by atoms with van der Waals surface area (Å²) in [6.07, 6.45) is 0.951. The lowest BCUT2D eigenvalue weighted by Gasteiger charge is -2.07. The van der Waals surface area contributed by atoms with Crippen molar-refractivity contribution in [3.63, 3.8) is 0 Å². The first-order chi connectivity index (χ1) is 9.88. The monoisotopic (exact) mass is 288 g/mol. The molecule has 0 amide bonds. The van der Waals surface area contributed by atoms with Crippen molar-refractivity contribution < 1.29 is 9.47 Å². The summed E-state index contributed by atoms with van der Waals surface area (Å²) in [5, 5.41) is 0. The third-order valence-corrected chi connectivity index (χ3v) is 3.09. The first-order valence-electron chi connectivity index (χ1n) is 6.83. The van der Waals surface area contributed by atoms with Gasteiger partial charge in [0.05, 0.1) is 13.2 Å². The average Bonchev–Trinajstić information content (AvgIpc) is 2.50. The molecule has 0 aromatic heterocycles. The fourth-order valence-electron chi connectivity index (χ4n) is 1.92. The van der Waals surface area contributed by atoms with E-state index in [1.54, 1.807) is 0 Å². The van der Waals surface area contributed by atoms with E-state index in [2.05, 4.69) is 49.0 Å². The fourth-order valence-corrected chi connectivity index (χ4v) is 2.05. The van der Waals surface area contributed by atoms with Gasteiger partial charge >= 0.3 is 0 Å². The smallest absolute Gasteiger partial charge is 0.119 e. The maximum absolute atomic E-state index is 5.61. The molecule has 2 rings (SSSR count). The Morgan fingerprint density at radius 1 is 0.750 bits per heavy atom. The second-order valence-electron chi connectivity index (χ2n) is 4.49. The molecule has 2 aromatic carbocycles. The van der Waals surface area contributed by atoms with Crippen molar-refractivity contribution in [1.29, 1.82) is 0 Å². The molecule has 0 aliphatic rings. The van der Waals surface area contributed by atoms with Crippen LogP contribution in [0.3, 0.4) is 0 Å². The molecule has 2 nitrogen and oxygen atoms in total. The van der Waals surface area contributed by atoms with Crippen LogP contribution in [0, 0.1) is 0 Å². The highest BCUT2D eigenvalue weighted by Gasteiger charge is 1.98. The van der Waals surface area contributed by atoms with Crippen LogP contribution >= 0.6 is 12.6 Å². The van der Waals surface area contributed by atoms with Crippen molar-refractivity contribution in [3.8, 4) is 5.75 Å². The summed E-state index contributed by atoms with van der Waals surface area (Å²) in [4.78, 5) is 0. The van der Waals surface area contributed by atoms with Crippen LogP contribution in [0.25, 0.3) is 0 Å². The van der Waals surface area contributed by atoms with Gasteiger partial charge in [-0.25, -0.2) is 0 Å². The number of benzene rings is 2. The molecule has 0 saturated heterocycles. The average molecular weight is 288 g/mol. The zero-order valence-corrected chi connectivity index (χ0v) is 12.4. The van der Waals surface area contributed by atoms with Gasteiger partial charge in [0.2, 0.25) is 0 Å². The molecule has 0 unspecified atom stereocenters. The van der Waals surface area contributed by atoms with Crippen molar-refractivity contribution in [2.24, 2.45) is 0 Å². The van der Waals surface area contributed by atoms with E-state index in [1.807, 2.05) is 18.2 Å². The quantitative estimate of drug-likeness (QED) is 0.591. The first-order valence-corrected chi connectivity index (χ1v) is 7.46. The summed E-state index contributed by atoms with van der Waals surface area (Å²) in [7, 11) is 0. The Morgan fingerprint density at radius 3 is 2.15 bits per heavy atom. The minimum absolute atomic E-state index is 0.575. The van der Waals surface area contributed by atoms with Crippen LogP contribution in [-0.2, 0) is 11.2 Å². The van der Waals surface area contributed by atoms with Crippen LogP contribution < -0.4 is 4.74 Å². The molecule has 106 valence electrons. The standard InChI is InChI=1S/C17H20O2S/c20-13-12-18-10-11-19-17-8-6-16(7-9-17)14-15-4-2-1-3-5-15/h1-9,20H,10-14H2. The molecular formula is C17H20O2S. The second kappa shape index (κ2) is 8.67. The Hall–Kier alpha value is -1.45. The van der Waals surface area contributed by atoms with E-state index in [-0.39, 0.29) is 0 Å². The van der Waals surface area contributed by atoms with Crippen LogP contribution in [0.1, 0.15) is 11.1 Å². The molecular weight excluding hydrogens is 268 g/mol. The normalized spacial score (nSPS) is 10.4. The van der Waals surface area contributed by atoms with Crippen LogP contribution in [0.5, 0.6) is 5.75 Å². The van der Waals surface area contributed by atoms with Gasteiger partial charge in [-0.1, -0.05) is 42.5 Å². The van der Waals surface area contributed by atoms with E-state index < -0.39 is 0 Å². The molecule has 0 fully saturated rings. The topological polar surface area (TPSA) is 18.5 Å². The molecule has 20 heavy (non-hydrogen) atoms. The fraction of sp³-hybridized carbons (Fsp3) is 0.294. The summed E-state index contributed by atoms with van der Waals surface area (Å²) in [5.74, 6) is 1.63. The van der Waals surface area contributed by atoms with Crippen molar-refractivity contribution in [1.82, 2.24) is 0 Å². The van der Waals surface area contributed by atoms with Crippen LogP contribution in [-0.4, -0.2) is 25.6 Å². The van der Waals surface area contributed by atoms with Crippen LogP contribution in [0.2, 0.25) is 0 Å². The highest BCUT2D eigenvalue weighted by molar-refractivity contribution is 7.80. The van der Waals surface area contributed by atoms with Gasteiger partial charge in [0.15, 0.2) is 0 Å². The Balaban J connectivity index is 1.78. The van der Waals surface area contributed by atoms with Gasteiger partial charge < -0.3 is 9.47 Å². The van der Waals surface area contributed by atoms with Crippen molar-refractivity contribution in [3.05, 3.63) is 65.7 Å². The highest BCUT2D eigenvalue weighted by Crippen LogP contribution is 2.15. The summed E-state index contributed by atoms with van der Waals surface area (Å²) >= 11 is 4.08. The number of hydrogen-bond donors (Lipinski definition) is 1. The lowest BCUT2D eigenvalue weighted by Crippen LogP contribution is -2.07. The minimum Gasteiger partial charge on any atom is -0.491 e. The molecule has 0 saturated carbocycles. The Kier molecular flexibility index (Phi) is 6.48. The maximum Gasteiger partial charge on any atom is 0.119 e. The molecule has 0 aliphatic heterocycles. The highest BCUT2D eigenvalue weighted by atomic mass is 32.1. The number of hydrogen-bond acceptors (Lipinski definition) is 3. The molecule has 0 atom stereocenters. The zero-order valence-electron chi connectivity index (χ0n) is 11.5. The maximum atomic E-state index is 5.61. The lowest BCUT2D eigenvalue weighted by molar-refractivity contribution is 0.112. The SMILES string of the molecule is SCCOCCOc1ccc(Cc2ccccc2)cc1. The summed E-state index contributed by atoms with van der Waals surface area (Å²) in [5.41, 5.74) is 2.61. The van der Waals surface area contributed by atoms with Gasteiger partial charge in [-0.3, -0.25) is 0 Å². The molecule has 0 bridgehead atoms. The Bertz CT molecular complexity index is 482. The van der Waals surface area contributed by atoms with Crippen molar-refractivity contribution in [2.75, 3.05) is 25.6 Å². The number of thiol groups is 1. The van der Waals surface area contributed by atoms with Gasteiger partial charge in [0, 0.05) is 5.75 Å². The molecule has 0 heterocycles. The third kappa shape index (κ3) is 5.27. The van der Waals surface area contributed by atoms with Crippen LogP contribution in [0.4, 0.5) is 0 Å². The van der Waals surface area contributed by atoms with Crippen LogP contribution in [0.15, 0.2) is 54.6 Å². The predicted molar refractivity (Wildman–Crippen MR) is 85.9 cm³/mol.